The summed E-state index contributed by atoms with van der Waals surface area (Å²) in [5, 5.41) is 8.77. The number of benzene rings is 1. The largest absolute Gasteiger partial charge is 0.489 e. The van der Waals surface area contributed by atoms with Crippen LogP contribution in [0.2, 0.25) is 0 Å². The molecule has 0 saturated carbocycles. The number of ether oxygens (including phenoxy) is 1. The molecule has 142 valence electrons. The van der Waals surface area contributed by atoms with E-state index in [-0.39, 0.29) is 24.6 Å². The molecule has 3 N–H and O–H groups in total. The number of nitrogens with one attached hydrogen (secondary N) is 3. The second-order valence-corrected chi connectivity index (χ2v) is 6.04. The highest BCUT2D eigenvalue weighted by Crippen LogP contribution is 2.17. The minimum Gasteiger partial charge on any atom is -0.489 e. The Kier molecular flexibility index (Phi) is 7.25. The van der Waals surface area contributed by atoms with Crippen molar-refractivity contribution in [3.63, 3.8) is 0 Å². The van der Waals surface area contributed by atoms with Gasteiger partial charge in [-0.15, -0.1) is 0 Å². The maximum atomic E-state index is 11.6. The van der Waals surface area contributed by atoms with Gasteiger partial charge in [0, 0.05) is 19.6 Å². The molecule has 1 aromatic rings. The van der Waals surface area contributed by atoms with E-state index in [1.807, 2.05) is 45.0 Å². The van der Waals surface area contributed by atoms with Crippen molar-refractivity contribution in [1.29, 1.82) is 0 Å². The number of imide groups is 1. The molecule has 0 aliphatic carbocycles. The Morgan fingerprint density at radius 2 is 2.12 bits per heavy atom. The highest BCUT2D eigenvalue weighted by molar-refractivity contribution is 6.01. The first kappa shape index (κ1) is 19.6. The van der Waals surface area contributed by atoms with Crippen molar-refractivity contribution in [1.82, 2.24) is 20.9 Å². The average molecular weight is 361 g/mol. The van der Waals surface area contributed by atoms with E-state index in [0.29, 0.717) is 32.1 Å². The van der Waals surface area contributed by atoms with Crippen LogP contribution in [-0.4, -0.2) is 61.6 Å². The van der Waals surface area contributed by atoms with Gasteiger partial charge in [0.1, 0.15) is 11.9 Å². The fourth-order valence-electron chi connectivity index (χ4n) is 2.47. The Balaban J connectivity index is 1.82. The normalized spacial score (nSPS) is 15.7. The van der Waals surface area contributed by atoms with Crippen molar-refractivity contribution in [2.24, 2.45) is 4.99 Å². The van der Waals surface area contributed by atoms with Gasteiger partial charge in [-0.25, -0.2) is 9.79 Å². The molecule has 0 aromatic heterocycles. The minimum absolute atomic E-state index is 0.0702. The van der Waals surface area contributed by atoms with Crippen molar-refractivity contribution in [3.05, 3.63) is 29.8 Å². The number of carbonyl (C=O) groups is 2. The molecule has 3 amide bonds. The third kappa shape index (κ3) is 5.65. The number of carbonyl (C=O) groups excluding carboxylic acids is 2. The maximum Gasteiger partial charge on any atom is 0.324 e. The molecule has 0 spiro atoms. The number of urea groups is 1. The summed E-state index contributed by atoms with van der Waals surface area (Å²) in [6, 6.07) is 7.52. The summed E-state index contributed by atoms with van der Waals surface area (Å²) in [5.41, 5.74) is 1.09. The second kappa shape index (κ2) is 9.65. The lowest BCUT2D eigenvalue weighted by molar-refractivity contribution is -0.124. The van der Waals surface area contributed by atoms with E-state index in [9.17, 15) is 9.59 Å². The molecule has 8 heteroatoms. The second-order valence-electron chi connectivity index (χ2n) is 6.04. The Morgan fingerprint density at radius 3 is 2.77 bits per heavy atom. The maximum absolute atomic E-state index is 11.6. The molecule has 1 saturated heterocycles. The van der Waals surface area contributed by atoms with Gasteiger partial charge in [-0.2, -0.15) is 0 Å². The molecule has 0 bridgehead atoms. The predicted molar refractivity (Wildman–Crippen MR) is 100 cm³/mol. The quantitative estimate of drug-likeness (QED) is 0.363. The van der Waals surface area contributed by atoms with Crippen LogP contribution in [0, 0.1) is 6.92 Å². The van der Waals surface area contributed by atoms with Crippen LogP contribution in [0.3, 0.4) is 0 Å². The fraction of sp³-hybridized carbons (Fsp3) is 0.500. The van der Waals surface area contributed by atoms with E-state index in [0.717, 1.165) is 11.3 Å². The number of amides is 3. The number of para-hydroxylation sites is 1. The van der Waals surface area contributed by atoms with Gasteiger partial charge in [-0.1, -0.05) is 18.2 Å². The van der Waals surface area contributed by atoms with Gasteiger partial charge in [0.25, 0.3) is 0 Å². The van der Waals surface area contributed by atoms with Crippen LogP contribution in [-0.2, 0) is 4.79 Å². The average Bonchev–Trinajstić information content (AvgIpc) is 2.93. The van der Waals surface area contributed by atoms with Gasteiger partial charge in [-0.3, -0.25) is 9.69 Å². The topological polar surface area (TPSA) is 95.1 Å². The van der Waals surface area contributed by atoms with Crippen molar-refractivity contribution >= 4 is 17.9 Å². The molecule has 1 fully saturated rings. The third-order valence-electron chi connectivity index (χ3n) is 3.84. The Morgan fingerprint density at radius 1 is 1.35 bits per heavy atom. The first-order chi connectivity index (χ1) is 12.5. The van der Waals surface area contributed by atoms with Crippen molar-refractivity contribution in [2.45, 2.75) is 26.9 Å². The first-order valence-corrected chi connectivity index (χ1v) is 8.84. The van der Waals surface area contributed by atoms with E-state index in [1.54, 1.807) is 0 Å². The molecule has 1 heterocycles. The third-order valence-corrected chi connectivity index (χ3v) is 3.84. The van der Waals surface area contributed by atoms with Crippen LogP contribution >= 0.6 is 0 Å². The highest BCUT2D eigenvalue weighted by Gasteiger charge is 2.27. The first-order valence-electron chi connectivity index (χ1n) is 8.84. The lowest BCUT2D eigenvalue weighted by Crippen LogP contribution is -2.43. The zero-order chi connectivity index (χ0) is 18.9. The van der Waals surface area contributed by atoms with Crippen LogP contribution < -0.4 is 20.7 Å². The van der Waals surface area contributed by atoms with Gasteiger partial charge in [0.15, 0.2) is 5.96 Å². The molecule has 2 rings (SSSR count). The van der Waals surface area contributed by atoms with Crippen LogP contribution in [0.25, 0.3) is 0 Å². The number of hydrogen-bond donors (Lipinski definition) is 3. The number of guanidine groups is 1. The lowest BCUT2D eigenvalue weighted by Gasteiger charge is -2.17. The Labute approximate surface area is 154 Å². The summed E-state index contributed by atoms with van der Waals surface area (Å²) in [5.74, 6) is 1.27. The van der Waals surface area contributed by atoms with Crippen molar-refractivity contribution in [2.75, 3.05) is 32.7 Å². The summed E-state index contributed by atoms with van der Waals surface area (Å²) in [7, 11) is 0. The standard InChI is InChI=1S/C18H27N5O3/c1-4-19-17(20-9-10-23-16(24)12-22-18(23)25)21-11-14(3)26-15-8-6-5-7-13(15)2/h5-8,14H,4,9-12H2,1-3H3,(H,22,25)(H2,19,20,21). The number of hydrogen-bond acceptors (Lipinski definition) is 4. The van der Waals surface area contributed by atoms with Gasteiger partial charge >= 0.3 is 6.03 Å². The van der Waals surface area contributed by atoms with Crippen molar-refractivity contribution in [3.8, 4) is 5.75 Å². The monoisotopic (exact) mass is 361 g/mol. The summed E-state index contributed by atoms with van der Waals surface area (Å²) in [4.78, 5) is 28.8. The van der Waals surface area contributed by atoms with E-state index in [1.165, 1.54) is 4.90 Å². The summed E-state index contributed by atoms with van der Waals surface area (Å²) >= 11 is 0. The Hall–Kier alpha value is -2.77. The summed E-state index contributed by atoms with van der Waals surface area (Å²) in [6.07, 6.45) is -0.0857. The predicted octanol–water partition coefficient (Wildman–Crippen LogP) is 0.869. The van der Waals surface area contributed by atoms with Gasteiger partial charge in [0.05, 0.1) is 13.1 Å². The number of nitrogens with zero attached hydrogens (tertiary/aromatic N) is 2. The molecular formula is C18H27N5O3. The smallest absolute Gasteiger partial charge is 0.324 e. The van der Waals surface area contributed by atoms with E-state index >= 15 is 0 Å². The van der Waals surface area contributed by atoms with Crippen LogP contribution in [0.15, 0.2) is 29.3 Å². The lowest BCUT2D eigenvalue weighted by atomic mass is 10.2. The van der Waals surface area contributed by atoms with E-state index in [2.05, 4.69) is 20.9 Å². The van der Waals surface area contributed by atoms with E-state index in [4.69, 9.17) is 4.74 Å². The van der Waals surface area contributed by atoms with Crippen LogP contribution in [0.4, 0.5) is 4.79 Å². The molecule has 1 aliphatic rings. The van der Waals surface area contributed by atoms with Crippen molar-refractivity contribution < 1.29 is 14.3 Å². The van der Waals surface area contributed by atoms with Crippen LogP contribution in [0.5, 0.6) is 5.75 Å². The SMILES string of the molecule is CCNC(=NCC(C)Oc1ccccc1C)NCCN1C(=O)CNC1=O. The molecule has 26 heavy (non-hydrogen) atoms. The Bertz CT molecular complexity index is 646. The fourth-order valence-corrected chi connectivity index (χ4v) is 2.47. The molecule has 8 nitrogen and oxygen atoms in total. The highest BCUT2D eigenvalue weighted by atomic mass is 16.5. The molecule has 1 unspecified atom stereocenters. The van der Waals surface area contributed by atoms with Gasteiger partial charge in [0.2, 0.25) is 5.91 Å². The summed E-state index contributed by atoms with van der Waals surface area (Å²) < 4.78 is 5.92. The zero-order valence-corrected chi connectivity index (χ0v) is 15.5. The zero-order valence-electron chi connectivity index (χ0n) is 15.5. The van der Waals surface area contributed by atoms with Gasteiger partial charge < -0.3 is 20.7 Å². The summed E-state index contributed by atoms with van der Waals surface area (Å²) in [6.45, 7) is 7.93. The number of aliphatic imine (C=N–C) groups is 1. The van der Waals surface area contributed by atoms with E-state index < -0.39 is 0 Å². The number of rotatable bonds is 8. The minimum atomic E-state index is -0.348. The number of aryl methyl sites for hydroxylation is 1. The van der Waals surface area contributed by atoms with Crippen LogP contribution in [0.1, 0.15) is 19.4 Å². The molecular weight excluding hydrogens is 334 g/mol. The van der Waals surface area contributed by atoms with Gasteiger partial charge in [-0.05, 0) is 32.4 Å². The molecule has 1 aromatic carbocycles. The molecule has 1 aliphatic heterocycles. The molecule has 1 atom stereocenters. The molecule has 0 radical (unpaired) electrons.